The van der Waals surface area contributed by atoms with Crippen molar-refractivity contribution in [3.8, 4) is 0 Å². The maximum absolute atomic E-state index is 10.8. The first-order chi connectivity index (χ1) is 7.09. The number of carboxylic acid groups (broad SMARTS) is 1. The van der Waals surface area contributed by atoms with Gasteiger partial charge < -0.3 is 15.2 Å². The summed E-state index contributed by atoms with van der Waals surface area (Å²) in [7, 11) is 0. The van der Waals surface area contributed by atoms with Crippen LogP contribution in [0, 0.1) is 0 Å². The van der Waals surface area contributed by atoms with Gasteiger partial charge in [0.2, 0.25) is 0 Å². The van der Waals surface area contributed by atoms with Crippen molar-refractivity contribution in [3.05, 3.63) is 11.8 Å². The molecular weight excluding hydrogens is 201 g/mol. The van der Waals surface area contributed by atoms with Crippen LogP contribution in [0.1, 0.15) is 39.0 Å². The van der Waals surface area contributed by atoms with Crippen molar-refractivity contribution in [3.63, 3.8) is 0 Å². The summed E-state index contributed by atoms with van der Waals surface area (Å²) in [4.78, 5) is 21.5. The standard InChI is InChI=1S/C11H17NO3.Li/c1-8(13)7-10(11(14)15)12-9-5-3-2-4-6-9;/h7,9,12H,2-6H2,1H3,(H,14,15);/q;+1/p-1. The molecule has 0 amide bonds. The molecule has 1 aliphatic rings. The minimum Gasteiger partial charge on any atom is -0.543 e. The molecule has 4 nitrogen and oxygen atoms in total. The Kier molecular flexibility index (Phi) is 7.19. The zero-order valence-electron chi connectivity index (χ0n) is 9.91. The van der Waals surface area contributed by atoms with Gasteiger partial charge in [-0.3, -0.25) is 4.79 Å². The molecule has 0 aliphatic heterocycles. The Bertz CT molecular complexity index is 283. The van der Waals surface area contributed by atoms with E-state index in [1.807, 2.05) is 0 Å². The molecule has 1 fully saturated rings. The molecular formula is C11H16LiNO3. The van der Waals surface area contributed by atoms with Crippen molar-refractivity contribution in [2.24, 2.45) is 0 Å². The Morgan fingerprint density at radius 1 is 1.25 bits per heavy atom. The Morgan fingerprint density at radius 3 is 2.25 bits per heavy atom. The Balaban J connectivity index is 0.00000225. The van der Waals surface area contributed by atoms with Gasteiger partial charge in [0.15, 0.2) is 5.78 Å². The van der Waals surface area contributed by atoms with Crippen LogP contribution in [-0.2, 0) is 9.59 Å². The summed E-state index contributed by atoms with van der Waals surface area (Å²) in [5.41, 5.74) is -0.0885. The second-order valence-electron chi connectivity index (χ2n) is 3.94. The molecule has 0 bridgehead atoms. The Hall–Kier alpha value is -0.723. The Labute approximate surface area is 108 Å². The molecule has 5 heteroatoms. The fraction of sp³-hybridized carbons (Fsp3) is 0.636. The third-order valence-corrected chi connectivity index (χ3v) is 2.53. The monoisotopic (exact) mass is 217 g/mol. The molecule has 1 saturated carbocycles. The molecule has 0 heterocycles. The van der Waals surface area contributed by atoms with Gasteiger partial charge in [-0.05, 0) is 19.8 Å². The van der Waals surface area contributed by atoms with Gasteiger partial charge in [-0.15, -0.1) is 0 Å². The van der Waals surface area contributed by atoms with Crippen LogP contribution in [0.4, 0.5) is 0 Å². The van der Waals surface area contributed by atoms with Crippen molar-refractivity contribution >= 4 is 11.8 Å². The first-order valence-electron chi connectivity index (χ1n) is 5.29. The largest absolute Gasteiger partial charge is 1.00 e. The summed E-state index contributed by atoms with van der Waals surface area (Å²) in [5, 5.41) is 13.6. The number of allylic oxidation sites excluding steroid dienone is 1. The van der Waals surface area contributed by atoms with E-state index in [2.05, 4.69) is 5.32 Å². The number of ketones is 1. The molecule has 0 aromatic carbocycles. The van der Waals surface area contributed by atoms with E-state index in [0.29, 0.717) is 0 Å². The van der Waals surface area contributed by atoms with Gasteiger partial charge in [0, 0.05) is 12.1 Å². The molecule has 0 unspecified atom stereocenters. The quantitative estimate of drug-likeness (QED) is 0.406. The molecule has 1 aliphatic carbocycles. The van der Waals surface area contributed by atoms with Crippen molar-refractivity contribution in [2.75, 3.05) is 0 Å². The summed E-state index contributed by atoms with van der Waals surface area (Å²) >= 11 is 0. The summed E-state index contributed by atoms with van der Waals surface area (Å²) < 4.78 is 0. The smallest absolute Gasteiger partial charge is 0.543 e. The summed E-state index contributed by atoms with van der Waals surface area (Å²) in [6, 6.07) is 0.169. The number of carbonyl (C=O) groups excluding carboxylic acids is 2. The maximum Gasteiger partial charge on any atom is 1.00 e. The number of nitrogens with one attached hydrogen (secondary N) is 1. The number of hydrogen-bond donors (Lipinski definition) is 1. The van der Waals surface area contributed by atoms with Crippen LogP contribution in [0.15, 0.2) is 11.8 Å². The van der Waals surface area contributed by atoms with E-state index >= 15 is 0 Å². The second-order valence-corrected chi connectivity index (χ2v) is 3.94. The third-order valence-electron chi connectivity index (χ3n) is 2.53. The van der Waals surface area contributed by atoms with Gasteiger partial charge in [0.05, 0.1) is 11.7 Å². The van der Waals surface area contributed by atoms with E-state index in [4.69, 9.17) is 0 Å². The number of hydrogen-bond acceptors (Lipinski definition) is 4. The van der Waals surface area contributed by atoms with E-state index < -0.39 is 5.97 Å². The van der Waals surface area contributed by atoms with E-state index in [1.54, 1.807) is 0 Å². The van der Waals surface area contributed by atoms with E-state index in [1.165, 1.54) is 13.3 Å². The average molecular weight is 217 g/mol. The number of rotatable bonds is 4. The fourth-order valence-electron chi connectivity index (χ4n) is 1.83. The number of carboxylic acids is 1. The minimum absolute atomic E-state index is 0. The number of aliphatic carboxylic acids is 1. The molecule has 84 valence electrons. The van der Waals surface area contributed by atoms with E-state index in [0.717, 1.165) is 31.8 Å². The molecule has 16 heavy (non-hydrogen) atoms. The van der Waals surface area contributed by atoms with Crippen LogP contribution in [0.5, 0.6) is 0 Å². The molecule has 0 spiro atoms. The van der Waals surface area contributed by atoms with Crippen LogP contribution in [0.2, 0.25) is 0 Å². The average Bonchev–Trinajstić information content (AvgIpc) is 2.17. The van der Waals surface area contributed by atoms with Crippen LogP contribution >= 0.6 is 0 Å². The summed E-state index contributed by atoms with van der Waals surface area (Å²) in [6.07, 6.45) is 6.43. The van der Waals surface area contributed by atoms with Gasteiger partial charge in [-0.1, -0.05) is 19.3 Å². The van der Waals surface area contributed by atoms with Gasteiger partial charge in [-0.25, -0.2) is 0 Å². The predicted octanol–water partition coefficient (Wildman–Crippen LogP) is -2.86. The normalized spacial score (nSPS) is 17.4. The maximum atomic E-state index is 10.8. The molecule has 0 aromatic rings. The summed E-state index contributed by atoms with van der Waals surface area (Å²) in [6.45, 7) is 1.32. The zero-order chi connectivity index (χ0) is 11.3. The molecule has 1 N–H and O–H groups in total. The molecule has 0 atom stereocenters. The minimum atomic E-state index is -1.31. The molecule has 0 saturated heterocycles. The van der Waals surface area contributed by atoms with Crippen molar-refractivity contribution < 1.29 is 33.6 Å². The van der Waals surface area contributed by atoms with Gasteiger partial charge >= 0.3 is 18.9 Å². The van der Waals surface area contributed by atoms with Crippen LogP contribution in [0.25, 0.3) is 0 Å². The van der Waals surface area contributed by atoms with Crippen LogP contribution in [-0.4, -0.2) is 17.8 Å². The first-order valence-corrected chi connectivity index (χ1v) is 5.29. The first kappa shape index (κ1) is 15.3. The molecule has 1 rings (SSSR count). The van der Waals surface area contributed by atoms with Crippen LogP contribution in [0.3, 0.4) is 0 Å². The topological polar surface area (TPSA) is 69.2 Å². The van der Waals surface area contributed by atoms with Gasteiger partial charge in [0.1, 0.15) is 0 Å². The second kappa shape index (κ2) is 7.53. The SMILES string of the molecule is CC(=O)C=C(NC1CCCCC1)C(=O)[O-].[Li+]. The third kappa shape index (κ3) is 5.39. The Morgan fingerprint density at radius 2 is 1.81 bits per heavy atom. The fourth-order valence-corrected chi connectivity index (χ4v) is 1.83. The van der Waals surface area contributed by atoms with E-state index in [-0.39, 0.29) is 36.4 Å². The molecule has 0 radical (unpaired) electrons. The van der Waals surface area contributed by atoms with Crippen molar-refractivity contribution in [1.82, 2.24) is 5.32 Å². The predicted molar refractivity (Wildman–Crippen MR) is 53.8 cm³/mol. The van der Waals surface area contributed by atoms with E-state index in [9.17, 15) is 14.7 Å². The zero-order valence-corrected chi connectivity index (χ0v) is 9.91. The molecule has 0 aromatic heterocycles. The van der Waals surface area contributed by atoms with Crippen molar-refractivity contribution in [2.45, 2.75) is 45.1 Å². The van der Waals surface area contributed by atoms with Gasteiger partial charge in [-0.2, -0.15) is 0 Å². The number of carbonyl (C=O) groups is 2. The van der Waals surface area contributed by atoms with Gasteiger partial charge in [0.25, 0.3) is 0 Å². The van der Waals surface area contributed by atoms with Crippen molar-refractivity contribution in [1.29, 1.82) is 0 Å². The summed E-state index contributed by atoms with van der Waals surface area (Å²) in [5.74, 6) is -1.59. The van der Waals surface area contributed by atoms with Crippen LogP contribution < -0.4 is 29.3 Å².